The topological polar surface area (TPSA) is 70.6 Å². The molecule has 0 unspecified atom stereocenters. The molecule has 0 aliphatic carbocycles. The second-order valence-electron chi connectivity index (χ2n) is 5.15. The van der Waals surface area contributed by atoms with Gasteiger partial charge in [-0.3, -0.25) is 9.71 Å². The van der Waals surface area contributed by atoms with Crippen LogP contribution in [0.1, 0.15) is 12.0 Å². The molecule has 7 heteroatoms. The number of hydrogen-bond acceptors (Lipinski definition) is 4. The number of amidine groups is 1. The lowest BCUT2D eigenvalue weighted by Crippen LogP contribution is -2.30. The van der Waals surface area contributed by atoms with Crippen LogP contribution in [0, 0.1) is 0 Å². The van der Waals surface area contributed by atoms with Crippen molar-refractivity contribution < 1.29 is 8.42 Å². The molecule has 1 aliphatic rings. The van der Waals surface area contributed by atoms with Gasteiger partial charge in [0.1, 0.15) is 5.84 Å². The van der Waals surface area contributed by atoms with Gasteiger partial charge in [0.05, 0.1) is 4.90 Å². The van der Waals surface area contributed by atoms with Crippen molar-refractivity contribution in [3.8, 4) is 0 Å². The van der Waals surface area contributed by atoms with Crippen LogP contribution in [0.15, 0.2) is 62.9 Å². The van der Waals surface area contributed by atoms with Crippen molar-refractivity contribution >= 4 is 37.5 Å². The summed E-state index contributed by atoms with van der Waals surface area (Å²) in [6, 6.07) is 13.8. The van der Waals surface area contributed by atoms with E-state index in [1.165, 1.54) is 0 Å². The first-order chi connectivity index (χ1) is 11.0. The number of halogens is 1. The minimum atomic E-state index is -3.61. The van der Waals surface area contributed by atoms with E-state index in [4.69, 9.17) is 0 Å². The van der Waals surface area contributed by atoms with E-state index in [0.29, 0.717) is 5.69 Å². The molecular formula is C16H16BrN3O2S. The van der Waals surface area contributed by atoms with Crippen molar-refractivity contribution in [3.05, 3.63) is 58.6 Å². The molecule has 0 bridgehead atoms. The molecule has 2 aromatic rings. The molecule has 2 aromatic carbocycles. The van der Waals surface area contributed by atoms with E-state index in [-0.39, 0.29) is 4.90 Å². The van der Waals surface area contributed by atoms with Gasteiger partial charge in [-0.1, -0.05) is 28.1 Å². The van der Waals surface area contributed by atoms with Gasteiger partial charge in [-0.15, -0.1) is 0 Å². The summed E-state index contributed by atoms with van der Waals surface area (Å²) in [4.78, 5) is 4.65. The van der Waals surface area contributed by atoms with Crippen LogP contribution < -0.4 is 10.0 Å². The fourth-order valence-corrected chi connectivity index (χ4v) is 3.60. The largest absolute Gasteiger partial charge is 0.370 e. The van der Waals surface area contributed by atoms with Crippen molar-refractivity contribution in [2.24, 2.45) is 4.99 Å². The molecule has 0 radical (unpaired) electrons. The smallest absolute Gasteiger partial charge is 0.261 e. The maximum Gasteiger partial charge on any atom is 0.261 e. The Morgan fingerprint density at radius 2 is 1.91 bits per heavy atom. The number of nitrogens with one attached hydrogen (secondary N) is 2. The number of anilines is 1. The molecule has 120 valence electrons. The van der Waals surface area contributed by atoms with Gasteiger partial charge in [-0.05, 0) is 42.8 Å². The molecule has 2 N–H and O–H groups in total. The molecule has 3 rings (SSSR count). The van der Waals surface area contributed by atoms with Gasteiger partial charge in [0.25, 0.3) is 10.0 Å². The number of nitrogens with zero attached hydrogens (tertiary/aromatic N) is 1. The highest BCUT2D eigenvalue weighted by molar-refractivity contribution is 9.10. The summed E-state index contributed by atoms with van der Waals surface area (Å²) in [7, 11) is -3.61. The molecule has 0 atom stereocenters. The lowest BCUT2D eigenvalue weighted by Gasteiger charge is -2.15. The summed E-state index contributed by atoms with van der Waals surface area (Å²) in [5.41, 5.74) is 1.39. The zero-order valence-electron chi connectivity index (χ0n) is 12.3. The first-order valence-corrected chi connectivity index (χ1v) is 9.49. The third kappa shape index (κ3) is 3.92. The van der Waals surface area contributed by atoms with Gasteiger partial charge in [0.2, 0.25) is 0 Å². The predicted molar refractivity (Wildman–Crippen MR) is 95.4 cm³/mol. The van der Waals surface area contributed by atoms with E-state index in [1.807, 2.05) is 12.1 Å². The summed E-state index contributed by atoms with van der Waals surface area (Å²) in [5.74, 6) is 0.806. The van der Waals surface area contributed by atoms with Crippen LogP contribution in [-0.4, -0.2) is 27.3 Å². The van der Waals surface area contributed by atoms with E-state index in [2.05, 4.69) is 31.0 Å². The first-order valence-electron chi connectivity index (χ1n) is 7.22. The van der Waals surface area contributed by atoms with Gasteiger partial charge < -0.3 is 5.32 Å². The SMILES string of the molecule is O=S(=O)(Nc1cccc(C2=NCCCN2)c1)c1ccc(Br)cc1. The molecule has 0 saturated heterocycles. The molecule has 0 saturated carbocycles. The summed E-state index contributed by atoms with van der Waals surface area (Å²) >= 11 is 3.30. The van der Waals surface area contributed by atoms with Gasteiger partial charge in [-0.25, -0.2) is 8.42 Å². The van der Waals surface area contributed by atoms with Gasteiger partial charge in [0, 0.05) is 28.8 Å². The average Bonchev–Trinajstić information content (AvgIpc) is 2.56. The van der Waals surface area contributed by atoms with E-state index in [0.717, 1.165) is 35.4 Å². The van der Waals surface area contributed by atoms with E-state index in [1.54, 1.807) is 36.4 Å². The Morgan fingerprint density at radius 3 is 2.61 bits per heavy atom. The van der Waals surface area contributed by atoms with Crippen LogP contribution in [0.3, 0.4) is 0 Å². The van der Waals surface area contributed by atoms with Crippen molar-refractivity contribution in [1.29, 1.82) is 0 Å². The average molecular weight is 394 g/mol. The van der Waals surface area contributed by atoms with Crippen LogP contribution in [0.5, 0.6) is 0 Å². The van der Waals surface area contributed by atoms with Crippen LogP contribution in [-0.2, 0) is 10.0 Å². The molecule has 0 aromatic heterocycles. The molecule has 5 nitrogen and oxygen atoms in total. The summed E-state index contributed by atoms with van der Waals surface area (Å²) < 4.78 is 28.3. The zero-order chi connectivity index (χ0) is 16.3. The number of rotatable bonds is 4. The lowest BCUT2D eigenvalue weighted by molar-refractivity contribution is 0.601. The molecule has 0 spiro atoms. The van der Waals surface area contributed by atoms with Crippen LogP contribution >= 0.6 is 15.9 Å². The fraction of sp³-hybridized carbons (Fsp3) is 0.188. The Hall–Kier alpha value is -1.86. The Kier molecular flexibility index (Phi) is 4.68. The summed E-state index contributed by atoms with van der Waals surface area (Å²) in [6.45, 7) is 1.67. The Morgan fingerprint density at radius 1 is 1.13 bits per heavy atom. The highest BCUT2D eigenvalue weighted by Gasteiger charge is 2.15. The molecule has 0 amide bonds. The standard InChI is InChI=1S/C16H16BrN3O2S/c17-13-5-7-15(8-6-13)23(21,22)20-14-4-1-3-12(11-14)16-18-9-2-10-19-16/h1,3-8,11,20H,2,9-10H2,(H,18,19). The minimum Gasteiger partial charge on any atom is -0.370 e. The molecule has 1 heterocycles. The van der Waals surface area contributed by atoms with Crippen LogP contribution in [0.2, 0.25) is 0 Å². The number of aliphatic imine (C=N–C) groups is 1. The predicted octanol–water partition coefficient (Wildman–Crippen LogP) is 2.99. The van der Waals surface area contributed by atoms with Crippen molar-refractivity contribution in [3.63, 3.8) is 0 Å². The zero-order valence-corrected chi connectivity index (χ0v) is 14.7. The van der Waals surface area contributed by atoms with E-state index >= 15 is 0 Å². The van der Waals surface area contributed by atoms with E-state index in [9.17, 15) is 8.42 Å². The highest BCUT2D eigenvalue weighted by Crippen LogP contribution is 2.19. The number of hydrogen-bond donors (Lipinski definition) is 2. The molecular weight excluding hydrogens is 378 g/mol. The second kappa shape index (κ2) is 6.72. The van der Waals surface area contributed by atoms with Gasteiger partial charge in [0.15, 0.2) is 0 Å². The normalized spacial score (nSPS) is 14.7. The minimum absolute atomic E-state index is 0.222. The number of sulfonamides is 1. The quantitative estimate of drug-likeness (QED) is 0.838. The van der Waals surface area contributed by atoms with E-state index < -0.39 is 10.0 Å². The third-order valence-electron chi connectivity index (χ3n) is 3.41. The molecule has 0 fully saturated rings. The summed E-state index contributed by atoms with van der Waals surface area (Å²) in [5, 5.41) is 3.23. The van der Waals surface area contributed by atoms with Crippen molar-refractivity contribution in [2.75, 3.05) is 17.8 Å². The second-order valence-corrected chi connectivity index (χ2v) is 7.75. The molecule has 1 aliphatic heterocycles. The first kappa shape index (κ1) is 16.0. The third-order valence-corrected chi connectivity index (χ3v) is 5.34. The molecule has 23 heavy (non-hydrogen) atoms. The van der Waals surface area contributed by atoms with Gasteiger partial charge >= 0.3 is 0 Å². The Bertz CT molecular complexity index is 833. The summed E-state index contributed by atoms with van der Waals surface area (Å²) in [6.07, 6.45) is 1.01. The Labute approximate surface area is 144 Å². The van der Waals surface area contributed by atoms with Crippen LogP contribution in [0.4, 0.5) is 5.69 Å². The fourth-order valence-electron chi connectivity index (χ4n) is 2.28. The Balaban J connectivity index is 1.85. The maximum absolute atomic E-state index is 12.4. The lowest BCUT2D eigenvalue weighted by atomic mass is 10.1. The van der Waals surface area contributed by atoms with Crippen molar-refractivity contribution in [1.82, 2.24) is 5.32 Å². The van der Waals surface area contributed by atoms with Crippen LogP contribution in [0.25, 0.3) is 0 Å². The maximum atomic E-state index is 12.4. The highest BCUT2D eigenvalue weighted by atomic mass is 79.9. The van der Waals surface area contributed by atoms with Crippen molar-refractivity contribution in [2.45, 2.75) is 11.3 Å². The monoisotopic (exact) mass is 393 g/mol. The number of benzene rings is 2. The van der Waals surface area contributed by atoms with Gasteiger partial charge in [-0.2, -0.15) is 0 Å².